The number of hydrogen-bond acceptors (Lipinski definition) is 4. The third-order valence-electron chi connectivity index (χ3n) is 2.92. The summed E-state index contributed by atoms with van der Waals surface area (Å²) in [6.07, 6.45) is 0. The van der Waals surface area contributed by atoms with Crippen molar-refractivity contribution < 1.29 is 13.2 Å². The molecule has 0 spiro atoms. The number of hydrogen-bond donors (Lipinski definition) is 3. The van der Waals surface area contributed by atoms with Crippen molar-refractivity contribution in [1.82, 2.24) is 10.6 Å². The van der Waals surface area contributed by atoms with E-state index in [0.717, 1.165) is 0 Å². The van der Waals surface area contributed by atoms with Crippen molar-refractivity contribution in [3.63, 3.8) is 0 Å². The third kappa shape index (κ3) is 2.55. The summed E-state index contributed by atoms with van der Waals surface area (Å²) in [5, 5.41) is 5.37. The lowest BCUT2D eigenvalue weighted by molar-refractivity contribution is 0.247. The Labute approximate surface area is 111 Å². The summed E-state index contributed by atoms with van der Waals surface area (Å²) >= 11 is 0. The van der Waals surface area contributed by atoms with Crippen LogP contribution in [0.1, 0.15) is 6.92 Å². The van der Waals surface area contributed by atoms with E-state index in [9.17, 15) is 13.2 Å². The van der Waals surface area contributed by atoms with Gasteiger partial charge in [-0.3, -0.25) is 0 Å². The lowest BCUT2D eigenvalue weighted by Gasteiger charge is -2.15. The molecule has 1 heterocycles. The molecule has 102 valence electrons. The van der Waals surface area contributed by atoms with E-state index >= 15 is 0 Å². The maximum Gasteiger partial charge on any atom is 0.312 e. The molecule has 1 unspecified atom stereocenters. The highest BCUT2D eigenvalue weighted by molar-refractivity contribution is 7.95. The number of sulfone groups is 1. The van der Waals surface area contributed by atoms with Gasteiger partial charge in [-0.15, -0.1) is 0 Å². The van der Waals surface area contributed by atoms with Gasteiger partial charge in [0.2, 0.25) is 9.84 Å². The van der Waals surface area contributed by atoms with Crippen LogP contribution in [0.3, 0.4) is 0 Å². The van der Waals surface area contributed by atoms with Gasteiger partial charge in [0, 0.05) is 12.2 Å². The molecular weight excluding hydrogens is 266 g/mol. The van der Waals surface area contributed by atoms with E-state index < -0.39 is 21.9 Å². The highest BCUT2D eigenvalue weighted by Gasteiger charge is 2.34. The first-order valence-corrected chi connectivity index (χ1v) is 7.22. The predicted octanol–water partition coefficient (Wildman–Crippen LogP) is 0.332. The van der Waals surface area contributed by atoms with Gasteiger partial charge >= 0.3 is 6.03 Å². The van der Waals surface area contributed by atoms with Gasteiger partial charge < -0.3 is 16.4 Å². The topological polar surface area (TPSA) is 101 Å². The number of primary amides is 1. The van der Waals surface area contributed by atoms with Crippen LogP contribution in [0.15, 0.2) is 45.8 Å². The number of carbonyl (C=O) groups excluding carboxylic acids is 1. The molecule has 0 radical (unpaired) electrons. The fraction of sp³-hybridized carbons (Fsp3) is 0.250. The Bertz CT molecular complexity index is 623. The standard InChI is InChI=1S/C12H15N3O3S/c1-8-11(10(7-14-8)15-12(13)16)19(17,18)9-5-3-2-4-6-9/h2-6,10,14H,7H2,1H3,(H3,13,15,16). The molecule has 2 rings (SSSR count). The van der Waals surface area contributed by atoms with E-state index in [1.54, 1.807) is 25.1 Å². The lowest BCUT2D eigenvalue weighted by atomic mass is 10.3. The molecule has 6 nitrogen and oxygen atoms in total. The fourth-order valence-corrected chi connectivity index (χ4v) is 3.86. The molecule has 7 heteroatoms. The Kier molecular flexibility index (Phi) is 3.48. The van der Waals surface area contributed by atoms with Crippen molar-refractivity contribution in [1.29, 1.82) is 0 Å². The molecule has 19 heavy (non-hydrogen) atoms. The van der Waals surface area contributed by atoms with Crippen LogP contribution in [0, 0.1) is 0 Å². The van der Waals surface area contributed by atoms with Crippen LogP contribution in [0.4, 0.5) is 4.79 Å². The highest BCUT2D eigenvalue weighted by Crippen LogP contribution is 2.26. The van der Waals surface area contributed by atoms with E-state index in [1.807, 2.05) is 0 Å². The largest absolute Gasteiger partial charge is 0.385 e. The molecule has 1 aromatic carbocycles. The predicted molar refractivity (Wildman–Crippen MR) is 70.8 cm³/mol. The molecule has 0 saturated heterocycles. The maximum absolute atomic E-state index is 12.5. The minimum atomic E-state index is -3.64. The van der Waals surface area contributed by atoms with Gasteiger partial charge in [-0.1, -0.05) is 18.2 Å². The van der Waals surface area contributed by atoms with Gasteiger partial charge in [-0.05, 0) is 19.1 Å². The number of carbonyl (C=O) groups is 1. The molecule has 1 aromatic rings. The molecule has 4 N–H and O–H groups in total. The Morgan fingerprint density at radius 2 is 2.00 bits per heavy atom. The minimum absolute atomic E-state index is 0.164. The second-order valence-corrected chi connectivity index (χ2v) is 6.17. The van der Waals surface area contributed by atoms with Crippen molar-refractivity contribution in [3.8, 4) is 0 Å². The zero-order chi connectivity index (χ0) is 14.0. The number of nitrogens with one attached hydrogen (secondary N) is 2. The normalized spacial score (nSPS) is 19.1. The number of allylic oxidation sites excluding steroid dienone is 1. The summed E-state index contributed by atoms with van der Waals surface area (Å²) in [6, 6.07) is 6.71. The monoisotopic (exact) mass is 281 g/mol. The minimum Gasteiger partial charge on any atom is -0.385 e. The zero-order valence-electron chi connectivity index (χ0n) is 10.4. The van der Waals surface area contributed by atoms with Crippen molar-refractivity contribution in [2.45, 2.75) is 17.9 Å². The van der Waals surface area contributed by atoms with Crippen LogP contribution in [0.2, 0.25) is 0 Å². The van der Waals surface area contributed by atoms with Gasteiger partial charge in [-0.25, -0.2) is 13.2 Å². The molecule has 0 fully saturated rings. The quantitative estimate of drug-likeness (QED) is 0.743. The molecule has 0 bridgehead atoms. The highest BCUT2D eigenvalue weighted by atomic mass is 32.2. The first kappa shape index (κ1) is 13.4. The average molecular weight is 281 g/mol. The Morgan fingerprint density at radius 1 is 1.37 bits per heavy atom. The summed E-state index contributed by atoms with van der Waals surface area (Å²) in [5.41, 5.74) is 5.60. The smallest absolute Gasteiger partial charge is 0.312 e. The second-order valence-electron chi connectivity index (χ2n) is 4.25. The zero-order valence-corrected chi connectivity index (χ0v) is 11.2. The first-order chi connectivity index (χ1) is 8.93. The number of benzene rings is 1. The summed E-state index contributed by atoms with van der Waals surface area (Å²) in [7, 11) is -3.64. The SMILES string of the molecule is CC1=C(S(=O)(=O)c2ccccc2)C(NC(N)=O)CN1. The van der Waals surface area contributed by atoms with Gasteiger partial charge in [0.15, 0.2) is 0 Å². The Hall–Kier alpha value is -2.02. The molecule has 0 aromatic heterocycles. The van der Waals surface area contributed by atoms with Gasteiger partial charge in [0.25, 0.3) is 0 Å². The molecular formula is C12H15N3O3S. The van der Waals surface area contributed by atoms with Crippen LogP contribution < -0.4 is 16.4 Å². The third-order valence-corrected chi connectivity index (χ3v) is 4.98. The Balaban J connectivity index is 2.44. The van der Waals surface area contributed by atoms with Crippen LogP contribution in [0.25, 0.3) is 0 Å². The van der Waals surface area contributed by atoms with Crippen LogP contribution in [-0.2, 0) is 9.84 Å². The number of rotatable bonds is 3. The van der Waals surface area contributed by atoms with E-state index in [1.165, 1.54) is 12.1 Å². The van der Waals surface area contributed by atoms with E-state index in [2.05, 4.69) is 10.6 Å². The van der Waals surface area contributed by atoms with Crippen molar-refractivity contribution >= 4 is 15.9 Å². The van der Waals surface area contributed by atoms with Crippen molar-refractivity contribution in [2.24, 2.45) is 5.73 Å². The van der Waals surface area contributed by atoms with E-state index in [0.29, 0.717) is 12.2 Å². The van der Waals surface area contributed by atoms with Gasteiger partial charge in [0.1, 0.15) is 0 Å². The average Bonchev–Trinajstić information content (AvgIpc) is 2.71. The number of amides is 2. The van der Waals surface area contributed by atoms with Crippen molar-refractivity contribution in [3.05, 3.63) is 40.9 Å². The molecule has 1 aliphatic rings. The first-order valence-electron chi connectivity index (χ1n) is 5.73. The molecule has 2 amide bonds. The number of urea groups is 1. The second kappa shape index (κ2) is 4.93. The lowest BCUT2D eigenvalue weighted by Crippen LogP contribution is -2.42. The molecule has 1 aliphatic heterocycles. The van der Waals surface area contributed by atoms with Crippen molar-refractivity contribution in [2.75, 3.05) is 6.54 Å². The summed E-state index contributed by atoms with van der Waals surface area (Å²) < 4.78 is 25.1. The number of nitrogens with two attached hydrogens (primary N) is 1. The van der Waals surface area contributed by atoms with Crippen LogP contribution in [-0.4, -0.2) is 27.0 Å². The molecule has 1 atom stereocenters. The van der Waals surface area contributed by atoms with E-state index in [-0.39, 0.29) is 9.80 Å². The fourth-order valence-electron chi connectivity index (χ4n) is 2.10. The molecule has 0 saturated carbocycles. The van der Waals surface area contributed by atoms with Crippen LogP contribution in [0.5, 0.6) is 0 Å². The van der Waals surface area contributed by atoms with Crippen LogP contribution >= 0.6 is 0 Å². The molecule has 0 aliphatic carbocycles. The Morgan fingerprint density at radius 3 is 2.58 bits per heavy atom. The summed E-state index contributed by atoms with van der Waals surface area (Å²) in [4.78, 5) is 11.3. The summed E-state index contributed by atoms with van der Waals surface area (Å²) in [5.74, 6) is 0. The maximum atomic E-state index is 12.5. The van der Waals surface area contributed by atoms with E-state index in [4.69, 9.17) is 5.73 Å². The van der Waals surface area contributed by atoms with Gasteiger partial charge in [-0.2, -0.15) is 0 Å². The summed E-state index contributed by atoms with van der Waals surface area (Å²) in [6.45, 7) is 1.98. The van der Waals surface area contributed by atoms with Gasteiger partial charge in [0.05, 0.1) is 15.8 Å².